The van der Waals surface area contributed by atoms with Crippen LogP contribution in [0.4, 0.5) is 0 Å². The molecule has 4 heteroatoms. The first-order valence-corrected chi connectivity index (χ1v) is 6.75. The first-order chi connectivity index (χ1) is 9.10. The zero-order valence-corrected chi connectivity index (χ0v) is 12.1. The summed E-state index contributed by atoms with van der Waals surface area (Å²) in [6.45, 7) is 2.11. The minimum Gasteiger partial charge on any atom is -0.457 e. The van der Waals surface area contributed by atoms with Gasteiger partial charge in [0.25, 0.3) is 0 Å². The van der Waals surface area contributed by atoms with Crippen molar-refractivity contribution in [2.75, 3.05) is 0 Å². The summed E-state index contributed by atoms with van der Waals surface area (Å²) < 4.78 is 5.80. The highest BCUT2D eigenvalue weighted by atomic mass is 35.5. The van der Waals surface area contributed by atoms with Crippen molar-refractivity contribution >= 4 is 28.8 Å². The average Bonchev–Trinajstić information content (AvgIpc) is 2.39. The summed E-state index contributed by atoms with van der Waals surface area (Å²) in [5.41, 5.74) is 7.61. The van der Waals surface area contributed by atoms with Crippen LogP contribution in [0.2, 0.25) is 5.02 Å². The van der Waals surface area contributed by atoms with E-state index >= 15 is 0 Å². The van der Waals surface area contributed by atoms with Crippen LogP contribution in [-0.2, 0) is 6.42 Å². The lowest BCUT2D eigenvalue weighted by molar-refractivity contribution is 0.481. The number of halogens is 1. The van der Waals surface area contributed by atoms with Crippen molar-refractivity contribution in [3.8, 4) is 11.5 Å². The standard InChI is InChI=1S/C15H14ClNOS/c1-2-10-3-6-12(7-4-10)18-14-9-11(16)5-8-13(14)15(17)19/h3-9H,2H2,1H3,(H2,17,19). The van der Waals surface area contributed by atoms with Crippen LogP contribution in [0.5, 0.6) is 11.5 Å². The van der Waals surface area contributed by atoms with Gasteiger partial charge in [-0.2, -0.15) is 0 Å². The third-order valence-electron chi connectivity index (χ3n) is 2.77. The number of hydrogen-bond donors (Lipinski definition) is 1. The Morgan fingerprint density at radius 2 is 1.89 bits per heavy atom. The molecule has 0 fully saturated rings. The third kappa shape index (κ3) is 3.46. The van der Waals surface area contributed by atoms with Crippen molar-refractivity contribution in [3.63, 3.8) is 0 Å². The van der Waals surface area contributed by atoms with Crippen LogP contribution < -0.4 is 10.5 Å². The van der Waals surface area contributed by atoms with E-state index in [0.29, 0.717) is 16.3 Å². The molecule has 0 saturated heterocycles. The van der Waals surface area contributed by atoms with Crippen LogP contribution in [-0.4, -0.2) is 4.99 Å². The van der Waals surface area contributed by atoms with Crippen LogP contribution in [0.15, 0.2) is 42.5 Å². The number of nitrogens with two attached hydrogens (primary N) is 1. The van der Waals surface area contributed by atoms with Gasteiger partial charge in [0.2, 0.25) is 0 Å². The summed E-state index contributed by atoms with van der Waals surface area (Å²) in [7, 11) is 0. The molecule has 2 rings (SSSR count). The topological polar surface area (TPSA) is 35.2 Å². The molecule has 0 radical (unpaired) electrons. The first kappa shape index (κ1) is 13.8. The Morgan fingerprint density at radius 3 is 2.47 bits per heavy atom. The quantitative estimate of drug-likeness (QED) is 0.852. The highest BCUT2D eigenvalue weighted by Crippen LogP contribution is 2.28. The molecule has 2 aromatic carbocycles. The molecule has 0 amide bonds. The second kappa shape index (κ2) is 6.04. The lowest BCUT2D eigenvalue weighted by atomic mass is 10.1. The molecule has 2 aromatic rings. The van der Waals surface area contributed by atoms with Crippen molar-refractivity contribution in [1.82, 2.24) is 0 Å². The fourth-order valence-corrected chi connectivity index (χ4v) is 2.04. The van der Waals surface area contributed by atoms with Crippen molar-refractivity contribution < 1.29 is 4.74 Å². The first-order valence-electron chi connectivity index (χ1n) is 5.96. The molecule has 98 valence electrons. The van der Waals surface area contributed by atoms with Crippen LogP contribution in [0.3, 0.4) is 0 Å². The number of hydrogen-bond acceptors (Lipinski definition) is 2. The molecular formula is C15H14ClNOS. The molecule has 19 heavy (non-hydrogen) atoms. The van der Waals surface area contributed by atoms with Gasteiger partial charge < -0.3 is 10.5 Å². The van der Waals surface area contributed by atoms with Gasteiger partial charge in [-0.05, 0) is 36.2 Å². The monoisotopic (exact) mass is 291 g/mol. The SMILES string of the molecule is CCc1ccc(Oc2cc(Cl)ccc2C(N)=S)cc1. The average molecular weight is 292 g/mol. The molecule has 2 N–H and O–H groups in total. The molecular weight excluding hydrogens is 278 g/mol. The number of thiocarbonyl (C=S) groups is 1. The van der Waals surface area contributed by atoms with E-state index in [-0.39, 0.29) is 4.99 Å². The molecule has 0 aliphatic rings. The van der Waals surface area contributed by atoms with Crippen LogP contribution in [0, 0.1) is 0 Å². The highest BCUT2D eigenvalue weighted by Gasteiger charge is 2.08. The number of benzene rings is 2. The Hall–Kier alpha value is -1.58. The predicted octanol–water partition coefficient (Wildman–Crippen LogP) is 4.33. The van der Waals surface area contributed by atoms with Gasteiger partial charge in [0.15, 0.2) is 0 Å². The van der Waals surface area contributed by atoms with Gasteiger partial charge in [0.1, 0.15) is 16.5 Å². The van der Waals surface area contributed by atoms with E-state index in [0.717, 1.165) is 12.2 Å². The molecule has 0 atom stereocenters. The van der Waals surface area contributed by atoms with Crippen LogP contribution >= 0.6 is 23.8 Å². The number of ether oxygens (including phenoxy) is 1. The lowest BCUT2D eigenvalue weighted by Gasteiger charge is -2.11. The predicted molar refractivity (Wildman–Crippen MR) is 83.2 cm³/mol. The minimum absolute atomic E-state index is 0.289. The molecule has 0 saturated carbocycles. The maximum atomic E-state index is 5.97. The van der Waals surface area contributed by atoms with Crippen molar-refractivity contribution in [3.05, 3.63) is 58.6 Å². The van der Waals surface area contributed by atoms with Gasteiger partial charge >= 0.3 is 0 Å². The Kier molecular flexibility index (Phi) is 4.40. The van der Waals surface area contributed by atoms with Gasteiger partial charge in [-0.3, -0.25) is 0 Å². The third-order valence-corrected chi connectivity index (χ3v) is 3.22. The summed E-state index contributed by atoms with van der Waals surface area (Å²) in [4.78, 5) is 0.289. The molecule has 2 nitrogen and oxygen atoms in total. The lowest BCUT2D eigenvalue weighted by Crippen LogP contribution is -2.10. The van der Waals surface area contributed by atoms with E-state index in [1.165, 1.54) is 5.56 Å². The van der Waals surface area contributed by atoms with E-state index in [1.807, 2.05) is 24.3 Å². The Labute approximate surface area is 123 Å². The summed E-state index contributed by atoms with van der Waals surface area (Å²) in [5.74, 6) is 1.31. The van der Waals surface area contributed by atoms with Gasteiger partial charge in [0.05, 0.1) is 5.56 Å². The highest BCUT2D eigenvalue weighted by molar-refractivity contribution is 7.80. The molecule has 0 spiro atoms. The number of rotatable bonds is 4. The van der Waals surface area contributed by atoms with Crippen molar-refractivity contribution in [2.45, 2.75) is 13.3 Å². The van der Waals surface area contributed by atoms with Gasteiger partial charge in [-0.1, -0.05) is 42.9 Å². The summed E-state index contributed by atoms with van der Waals surface area (Å²) >= 11 is 11.0. The van der Waals surface area contributed by atoms with E-state index in [9.17, 15) is 0 Å². The van der Waals surface area contributed by atoms with E-state index in [4.69, 9.17) is 34.3 Å². The Morgan fingerprint density at radius 1 is 1.21 bits per heavy atom. The normalized spacial score (nSPS) is 10.2. The van der Waals surface area contributed by atoms with Crippen molar-refractivity contribution in [2.24, 2.45) is 5.73 Å². The number of aryl methyl sites for hydroxylation is 1. The largest absolute Gasteiger partial charge is 0.457 e. The maximum Gasteiger partial charge on any atom is 0.139 e. The molecule has 0 aromatic heterocycles. The Bertz CT molecular complexity index is 596. The minimum atomic E-state index is 0.289. The smallest absolute Gasteiger partial charge is 0.139 e. The molecule has 0 heterocycles. The zero-order valence-electron chi connectivity index (χ0n) is 10.5. The zero-order chi connectivity index (χ0) is 13.8. The van der Waals surface area contributed by atoms with Gasteiger partial charge in [-0.25, -0.2) is 0 Å². The van der Waals surface area contributed by atoms with E-state index in [2.05, 4.69) is 6.92 Å². The summed E-state index contributed by atoms with van der Waals surface area (Å²) in [6.07, 6.45) is 0.996. The van der Waals surface area contributed by atoms with Gasteiger partial charge in [-0.15, -0.1) is 0 Å². The molecule has 0 bridgehead atoms. The summed E-state index contributed by atoms with van der Waals surface area (Å²) in [5, 5.41) is 0.583. The molecule has 0 unspecified atom stereocenters. The molecule has 0 aliphatic carbocycles. The van der Waals surface area contributed by atoms with Gasteiger partial charge in [0, 0.05) is 11.1 Å². The maximum absolute atomic E-state index is 5.97. The second-order valence-electron chi connectivity index (χ2n) is 4.10. The van der Waals surface area contributed by atoms with E-state index in [1.54, 1.807) is 18.2 Å². The fraction of sp³-hybridized carbons (Fsp3) is 0.133. The Balaban J connectivity index is 2.31. The van der Waals surface area contributed by atoms with Crippen LogP contribution in [0.25, 0.3) is 0 Å². The van der Waals surface area contributed by atoms with E-state index < -0.39 is 0 Å². The van der Waals surface area contributed by atoms with Crippen LogP contribution in [0.1, 0.15) is 18.1 Å². The second-order valence-corrected chi connectivity index (χ2v) is 4.98. The van der Waals surface area contributed by atoms with Crippen molar-refractivity contribution in [1.29, 1.82) is 0 Å². The fourth-order valence-electron chi connectivity index (χ4n) is 1.70. The summed E-state index contributed by atoms with van der Waals surface area (Å²) in [6, 6.07) is 13.1. The molecule has 0 aliphatic heterocycles.